The van der Waals surface area contributed by atoms with Gasteiger partial charge in [-0.15, -0.1) is 0 Å². The largest absolute Gasteiger partial charge is 0.454 e. The third kappa shape index (κ3) is 6.46. The number of aromatic nitrogens is 1. The minimum Gasteiger partial charge on any atom is -0.454 e. The number of esters is 1. The molecule has 1 heterocycles. The summed E-state index contributed by atoms with van der Waals surface area (Å²) in [6.45, 7) is 4.69. The molecule has 1 aromatic carbocycles. The van der Waals surface area contributed by atoms with Crippen LogP contribution >= 0.6 is 0 Å². The van der Waals surface area contributed by atoms with Crippen LogP contribution < -0.4 is 16.0 Å². The van der Waals surface area contributed by atoms with Crippen LogP contribution in [0.15, 0.2) is 40.9 Å². The van der Waals surface area contributed by atoms with Crippen LogP contribution in [0.25, 0.3) is 0 Å². The molecule has 2 aromatic rings. The second kappa shape index (κ2) is 9.37. The number of anilines is 2. The number of hydrogen-bond donors (Lipinski definition) is 3. The number of amides is 3. The van der Waals surface area contributed by atoms with E-state index in [2.05, 4.69) is 21.1 Å². The molecule has 1 aromatic heterocycles. The summed E-state index contributed by atoms with van der Waals surface area (Å²) in [6, 6.07) is 8.90. The highest BCUT2D eigenvalue weighted by Gasteiger charge is 2.26. The van der Waals surface area contributed by atoms with Gasteiger partial charge in [-0.2, -0.15) is 0 Å². The van der Waals surface area contributed by atoms with Gasteiger partial charge in [0.2, 0.25) is 0 Å². The Balaban J connectivity index is 1.84. The molecule has 0 saturated heterocycles. The van der Waals surface area contributed by atoms with Gasteiger partial charge >= 0.3 is 12.0 Å². The number of rotatable bonds is 7. The van der Waals surface area contributed by atoms with Crippen molar-refractivity contribution in [1.29, 1.82) is 0 Å². The molecule has 0 saturated carbocycles. The standard InChI is InChI=1S/C18H22N4O5/c1-11(2)16(21-18(25)19-13-7-5-4-6-8-13)17(24)26-10-15(23)20-14-9-12(3)27-22-14/h4-9,11,16H,10H2,1-3H3,(H2,19,21,25)(H,20,22,23)/t16-/m1/s1. The van der Waals surface area contributed by atoms with Crippen molar-refractivity contribution >= 4 is 29.4 Å². The highest BCUT2D eigenvalue weighted by Crippen LogP contribution is 2.09. The summed E-state index contributed by atoms with van der Waals surface area (Å²) in [5.41, 5.74) is 0.591. The smallest absolute Gasteiger partial charge is 0.329 e. The quantitative estimate of drug-likeness (QED) is 0.639. The fourth-order valence-electron chi connectivity index (χ4n) is 2.16. The molecule has 0 fully saturated rings. The lowest BCUT2D eigenvalue weighted by Gasteiger charge is -2.21. The van der Waals surface area contributed by atoms with E-state index in [4.69, 9.17) is 9.26 Å². The van der Waals surface area contributed by atoms with Gasteiger partial charge < -0.3 is 25.2 Å². The van der Waals surface area contributed by atoms with Gasteiger partial charge in [-0.1, -0.05) is 37.2 Å². The maximum Gasteiger partial charge on any atom is 0.329 e. The lowest BCUT2D eigenvalue weighted by atomic mass is 10.1. The molecule has 0 unspecified atom stereocenters. The average molecular weight is 374 g/mol. The molecule has 27 heavy (non-hydrogen) atoms. The van der Waals surface area contributed by atoms with Crippen LogP contribution in [0, 0.1) is 12.8 Å². The lowest BCUT2D eigenvalue weighted by Crippen LogP contribution is -2.47. The normalized spacial score (nSPS) is 11.6. The number of aryl methyl sites for hydroxylation is 1. The zero-order valence-corrected chi connectivity index (χ0v) is 15.3. The maximum absolute atomic E-state index is 12.3. The third-order valence-electron chi connectivity index (χ3n) is 3.48. The van der Waals surface area contributed by atoms with E-state index >= 15 is 0 Å². The lowest BCUT2D eigenvalue weighted by molar-refractivity contribution is -0.150. The van der Waals surface area contributed by atoms with Crippen molar-refractivity contribution in [3.63, 3.8) is 0 Å². The molecule has 0 aliphatic rings. The van der Waals surface area contributed by atoms with Gasteiger partial charge in [0.1, 0.15) is 11.8 Å². The molecule has 3 amide bonds. The molecule has 1 atom stereocenters. The Kier molecular flexibility index (Phi) is 6.93. The molecule has 2 rings (SSSR count). The first-order valence-corrected chi connectivity index (χ1v) is 8.37. The SMILES string of the molecule is Cc1cc(NC(=O)COC(=O)[C@H](NC(=O)Nc2ccccc2)C(C)C)no1. The van der Waals surface area contributed by atoms with E-state index in [0.29, 0.717) is 11.4 Å². The van der Waals surface area contributed by atoms with Crippen LogP contribution in [0.4, 0.5) is 16.3 Å². The highest BCUT2D eigenvalue weighted by molar-refractivity contribution is 5.94. The Hall–Kier alpha value is -3.36. The van der Waals surface area contributed by atoms with Gasteiger partial charge in [-0.05, 0) is 25.0 Å². The second-order valence-electron chi connectivity index (χ2n) is 6.16. The number of ether oxygens (including phenoxy) is 1. The fourth-order valence-corrected chi connectivity index (χ4v) is 2.16. The molecule has 144 valence electrons. The van der Waals surface area contributed by atoms with E-state index in [1.807, 2.05) is 6.07 Å². The minimum atomic E-state index is -0.907. The number of carbonyl (C=O) groups is 3. The molecule has 9 nitrogen and oxygen atoms in total. The van der Waals surface area contributed by atoms with Gasteiger partial charge in [0.05, 0.1) is 0 Å². The van der Waals surface area contributed by atoms with E-state index in [1.54, 1.807) is 45.0 Å². The van der Waals surface area contributed by atoms with E-state index in [0.717, 1.165) is 0 Å². The topological polar surface area (TPSA) is 123 Å². The first kappa shape index (κ1) is 20.0. The average Bonchev–Trinajstić information content (AvgIpc) is 3.03. The van der Waals surface area contributed by atoms with E-state index in [-0.39, 0.29) is 11.7 Å². The molecule has 0 bridgehead atoms. The van der Waals surface area contributed by atoms with Crippen molar-refractivity contribution in [2.45, 2.75) is 26.8 Å². The first-order valence-electron chi connectivity index (χ1n) is 8.37. The van der Waals surface area contributed by atoms with Gasteiger partial charge in [0, 0.05) is 11.8 Å². The Morgan fingerprint density at radius 3 is 2.44 bits per heavy atom. The summed E-state index contributed by atoms with van der Waals surface area (Å²) in [6.07, 6.45) is 0. The predicted octanol–water partition coefficient (Wildman–Crippen LogP) is 2.31. The van der Waals surface area contributed by atoms with E-state index in [1.165, 1.54) is 6.07 Å². The zero-order valence-electron chi connectivity index (χ0n) is 15.3. The van der Waals surface area contributed by atoms with Crippen molar-refractivity contribution in [1.82, 2.24) is 10.5 Å². The van der Waals surface area contributed by atoms with E-state index < -0.39 is 30.6 Å². The van der Waals surface area contributed by atoms with Gasteiger partial charge in [-0.25, -0.2) is 9.59 Å². The Morgan fingerprint density at radius 2 is 1.85 bits per heavy atom. The number of nitrogens with one attached hydrogen (secondary N) is 3. The van der Waals surface area contributed by atoms with Crippen LogP contribution in [-0.4, -0.2) is 35.7 Å². The summed E-state index contributed by atoms with van der Waals surface area (Å²) >= 11 is 0. The third-order valence-corrected chi connectivity index (χ3v) is 3.48. The number of carbonyl (C=O) groups excluding carboxylic acids is 3. The van der Waals surface area contributed by atoms with Crippen LogP contribution in [0.1, 0.15) is 19.6 Å². The Morgan fingerprint density at radius 1 is 1.15 bits per heavy atom. The molecule has 0 spiro atoms. The number of para-hydroxylation sites is 1. The van der Waals surface area contributed by atoms with Crippen molar-refractivity contribution in [3.05, 3.63) is 42.2 Å². The Bertz CT molecular complexity index is 788. The molecule has 0 radical (unpaired) electrons. The zero-order chi connectivity index (χ0) is 19.8. The molecular formula is C18H22N4O5. The van der Waals surface area contributed by atoms with Crippen molar-refractivity contribution in [2.24, 2.45) is 5.92 Å². The summed E-state index contributed by atoms with van der Waals surface area (Å²) < 4.78 is 9.83. The van der Waals surface area contributed by atoms with Gasteiger partial charge in [0.25, 0.3) is 5.91 Å². The summed E-state index contributed by atoms with van der Waals surface area (Å²) in [5.74, 6) is -0.738. The molecule has 0 aliphatic heterocycles. The molecular weight excluding hydrogens is 352 g/mol. The van der Waals surface area contributed by atoms with Crippen LogP contribution in [0.2, 0.25) is 0 Å². The molecule has 3 N–H and O–H groups in total. The summed E-state index contributed by atoms with van der Waals surface area (Å²) in [7, 11) is 0. The van der Waals surface area contributed by atoms with Gasteiger partial charge in [0.15, 0.2) is 12.4 Å². The number of nitrogens with zero attached hydrogens (tertiary/aromatic N) is 1. The van der Waals surface area contributed by atoms with Gasteiger partial charge in [-0.3, -0.25) is 4.79 Å². The number of hydrogen-bond acceptors (Lipinski definition) is 6. The number of urea groups is 1. The predicted molar refractivity (Wildman–Crippen MR) is 98.1 cm³/mol. The molecule has 9 heteroatoms. The Labute approximate surface area is 156 Å². The monoisotopic (exact) mass is 374 g/mol. The van der Waals surface area contributed by atoms with Crippen LogP contribution in [-0.2, 0) is 14.3 Å². The summed E-state index contributed by atoms with van der Waals surface area (Å²) in [5, 5.41) is 11.2. The minimum absolute atomic E-state index is 0.231. The van der Waals surface area contributed by atoms with Crippen LogP contribution in [0.3, 0.4) is 0 Å². The fraction of sp³-hybridized carbons (Fsp3) is 0.333. The second-order valence-corrected chi connectivity index (χ2v) is 6.16. The number of benzene rings is 1. The highest BCUT2D eigenvalue weighted by atomic mass is 16.5. The molecule has 0 aliphatic carbocycles. The maximum atomic E-state index is 12.3. The van der Waals surface area contributed by atoms with Crippen LogP contribution in [0.5, 0.6) is 0 Å². The van der Waals surface area contributed by atoms with Crippen molar-refractivity contribution in [2.75, 3.05) is 17.2 Å². The van der Waals surface area contributed by atoms with E-state index in [9.17, 15) is 14.4 Å². The summed E-state index contributed by atoms with van der Waals surface area (Å²) in [4.78, 5) is 36.2. The first-order chi connectivity index (χ1) is 12.8. The van der Waals surface area contributed by atoms with Crippen molar-refractivity contribution < 1.29 is 23.6 Å². The van der Waals surface area contributed by atoms with Crippen molar-refractivity contribution in [3.8, 4) is 0 Å².